The Morgan fingerprint density at radius 2 is 2.14 bits per heavy atom. The Morgan fingerprint density at radius 1 is 1.43 bits per heavy atom. The number of hydrogen-bond donors (Lipinski definition) is 2. The Balaban J connectivity index is 3.42. The van der Waals surface area contributed by atoms with E-state index in [2.05, 4.69) is 11.6 Å². The van der Waals surface area contributed by atoms with Crippen LogP contribution < -0.4 is 0 Å². The molecule has 0 fully saturated rings. The molecule has 0 rings (SSSR count). The van der Waals surface area contributed by atoms with Crippen molar-refractivity contribution in [2.45, 2.75) is 31.5 Å². The molecule has 14 heavy (non-hydrogen) atoms. The molecule has 0 aliphatic heterocycles. The van der Waals surface area contributed by atoms with Gasteiger partial charge in [-0.3, -0.25) is 0 Å². The maximum Gasteiger partial charge on any atom is 0.458 e. The first kappa shape index (κ1) is 13.1. The van der Waals surface area contributed by atoms with Crippen molar-refractivity contribution in [1.82, 2.24) is 0 Å². The maximum absolute atomic E-state index is 9.71. The molecule has 0 aromatic rings. The molecule has 0 aromatic heterocycles. The second-order valence-electron chi connectivity index (χ2n) is 3.14. The molecule has 0 amide bonds. The standard InChI is InChI=1S/C9H16BNO3/c1-2-9(10(13)14)6-4-3-5-7-11-8-12/h2,9,13-14H,1,3-7H2. The van der Waals surface area contributed by atoms with E-state index in [4.69, 9.17) is 10.0 Å². The second kappa shape index (κ2) is 8.69. The van der Waals surface area contributed by atoms with Crippen molar-refractivity contribution >= 4 is 13.2 Å². The smallest absolute Gasteiger partial charge is 0.427 e. The summed E-state index contributed by atoms with van der Waals surface area (Å²) >= 11 is 0. The first-order valence-electron chi connectivity index (χ1n) is 4.74. The molecule has 0 saturated heterocycles. The molecule has 0 aliphatic rings. The average molecular weight is 197 g/mol. The summed E-state index contributed by atoms with van der Waals surface area (Å²) in [6, 6.07) is 0. The number of hydrogen-bond acceptors (Lipinski definition) is 4. The van der Waals surface area contributed by atoms with E-state index in [0.29, 0.717) is 13.0 Å². The van der Waals surface area contributed by atoms with Crippen molar-refractivity contribution in [2.24, 2.45) is 4.99 Å². The molecule has 0 aliphatic carbocycles. The van der Waals surface area contributed by atoms with Crippen LogP contribution in [-0.4, -0.2) is 29.8 Å². The maximum atomic E-state index is 9.71. The van der Waals surface area contributed by atoms with Crippen LogP contribution >= 0.6 is 0 Å². The highest BCUT2D eigenvalue weighted by Crippen LogP contribution is 2.17. The van der Waals surface area contributed by atoms with Crippen molar-refractivity contribution in [3.05, 3.63) is 12.7 Å². The van der Waals surface area contributed by atoms with E-state index in [1.807, 2.05) is 0 Å². The molecule has 2 N–H and O–H groups in total. The lowest BCUT2D eigenvalue weighted by Gasteiger charge is -2.09. The Kier molecular flexibility index (Phi) is 8.14. The summed E-state index contributed by atoms with van der Waals surface area (Å²) in [5.74, 6) is -0.260. The van der Waals surface area contributed by atoms with Crippen LogP contribution in [0.1, 0.15) is 25.7 Å². The molecule has 78 valence electrons. The first-order chi connectivity index (χ1) is 6.72. The predicted molar refractivity (Wildman–Crippen MR) is 55.6 cm³/mol. The Hall–Kier alpha value is -0.895. The summed E-state index contributed by atoms with van der Waals surface area (Å²) in [7, 11) is -1.32. The van der Waals surface area contributed by atoms with Gasteiger partial charge in [-0.2, -0.15) is 0 Å². The zero-order chi connectivity index (χ0) is 10.8. The molecule has 0 radical (unpaired) electrons. The summed E-state index contributed by atoms with van der Waals surface area (Å²) in [6.07, 6.45) is 6.36. The molecule has 4 nitrogen and oxygen atoms in total. The number of allylic oxidation sites excluding steroid dienone is 1. The van der Waals surface area contributed by atoms with Gasteiger partial charge in [-0.1, -0.05) is 18.9 Å². The van der Waals surface area contributed by atoms with Crippen LogP contribution in [0.5, 0.6) is 0 Å². The van der Waals surface area contributed by atoms with Crippen LogP contribution in [-0.2, 0) is 4.79 Å². The normalized spacial score (nSPS) is 11.6. The van der Waals surface area contributed by atoms with Crippen molar-refractivity contribution < 1.29 is 14.8 Å². The minimum Gasteiger partial charge on any atom is -0.427 e. The van der Waals surface area contributed by atoms with Gasteiger partial charge in [0, 0.05) is 5.82 Å². The Bertz CT molecular complexity index is 202. The van der Waals surface area contributed by atoms with E-state index in [9.17, 15) is 4.79 Å². The van der Waals surface area contributed by atoms with Gasteiger partial charge in [-0.25, -0.2) is 9.79 Å². The van der Waals surface area contributed by atoms with Gasteiger partial charge >= 0.3 is 7.12 Å². The Labute approximate surface area is 84.5 Å². The highest BCUT2D eigenvalue weighted by molar-refractivity contribution is 6.43. The van der Waals surface area contributed by atoms with Gasteiger partial charge in [-0.05, 0) is 12.8 Å². The monoisotopic (exact) mass is 197 g/mol. The van der Waals surface area contributed by atoms with Gasteiger partial charge in [0.25, 0.3) is 0 Å². The fraction of sp³-hybridized carbons (Fsp3) is 0.667. The summed E-state index contributed by atoms with van der Waals surface area (Å²) in [5, 5.41) is 17.7. The lowest BCUT2D eigenvalue weighted by Crippen LogP contribution is -2.18. The number of rotatable bonds is 8. The summed E-state index contributed by atoms with van der Waals surface area (Å²) < 4.78 is 0. The van der Waals surface area contributed by atoms with E-state index >= 15 is 0 Å². The minimum atomic E-state index is -1.32. The van der Waals surface area contributed by atoms with Crippen molar-refractivity contribution in [3.63, 3.8) is 0 Å². The van der Waals surface area contributed by atoms with Gasteiger partial charge in [0.15, 0.2) is 0 Å². The van der Waals surface area contributed by atoms with Gasteiger partial charge in [-0.15, -0.1) is 6.58 Å². The third-order valence-corrected chi connectivity index (χ3v) is 2.06. The van der Waals surface area contributed by atoms with E-state index in [1.165, 1.54) is 6.08 Å². The van der Waals surface area contributed by atoms with Crippen molar-refractivity contribution in [1.29, 1.82) is 0 Å². The number of aliphatic imine (C=N–C) groups is 1. The number of carbonyl (C=O) groups excluding carboxylic acids is 1. The van der Waals surface area contributed by atoms with Crippen LogP contribution in [0.2, 0.25) is 5.82 Å². The molecule has 0 heterocycles. The van der Waals surface area contributed by atoms with Crippen LogP contribution in [0.15, 0.2) is 17.6 Å². The van der Waals surface area contributed by atoms with Gasteiger partial charge < -0.3 is 10.0 Å². The second-order valence-corrected chi connectivity index (χ2v) is 3.14. The van der Waals surface area contributed by atoms with E-state index in [-0.39, 0.29) is 5.82 Å². The molecular weight excluding hydrogens is 181 g/mol. The highest BCUT2D eigenvalue weighted by Gasteiger charge is 2.18. The quantitative estimate of drug-likeness (QED) is 0.200. The van der Waals surface area contributed by atoms with Gasteiger partial charge in [0.1, 0.15) is 0 Å². The predicted octanol–water partition coefficient (Wildman–Crippen LogP) is 0.912. The zero-order valence-electron chi connectivity index (χ0n) is 8.22. The SMILES string of the molecule is C=CC(CCCCCN=C=O)B(O)O. The van der Waals surface area contributed by atoms with E-state index in [1.54, 1.807) is 6.08 Å². The summed E-state index contributed by atoms with van der Waals surface area (Å²) in [6.45, 7) is 4.02. The van der Waals surface area contributed by atoms with Gasteiger partial charge in [0.05, 0.1) is 6.54 Å². The Morgan fingerprint density at radius 3 is 2.64 bits per heavy atom. The molecule has 5 heteroatoms. The highest BCUT2D eigenvalue weighted by atomic mass is 16.4. The topological polar surface area (TPSA) is 69.9 Å². The molecule has 0 aromatic carbocycles. The largest absolute Gasteiger partial charge is 0.458 e. The average Bonchev–Trinajstić information content (AvgIpc) is 2.16. The fourth-order valence-electron chi connectivity index (χ4n) is 1.18. The van der Waals surface area contributed by atoms with E-state index in [0.717, 1.165) is 19.3 Å². The number of nitrogens with zero attached hydrogens (tertiary/aromatic N) is 1. The van der Waals surface area contributed by atoms with E-state index < -0.39 is 7.12 Å². The molecule has 1 unspecified atom stereocenters. The van der Waals surface area contributed by atoms with Crippen LogP contribution in [0, 0.1) is 0 Å². The molecule has 1 atom stereocenters. The third kappa shape index (κ3) is 6.60. The lowest BCUT2D eigenvalue weighted by molar-refractivity contribution is 0.388. The molecule has 0 bridgehead atoms. The molecule has 0 spiro atoms. The first-order valence-corrected chi connectivity index (χ1v) is 4.74. The van der Waals surface area contributed by atoms with Gasteiger partial charge in [0.2, 0.25) is 6.08 Å². The number of isocyanates is 1. The fourth-order valence-corrected chi connectivity index (χ4v) is 1.18. The summed E-state index contributed by atoms with van der Waals surface area (Å²) in [4.78, 5) is 13.1. The minimum absolute atomic E-state index is 0.260. The number of unbranched alkanes of at least 4 members (excludes halogenated alkanes) is 2. The lowest BCUT2D eigenvalue weighted by atomic mass is 9.70. The third-order valence-electron chi connectivity index (χ3n) is 2.06. The molecule has 0 saturated carbocycles. The summed E-state index contributed by atoms with van der Waals surface area (Å²) in [5.41, 5.74) is 0. The zero-order valence-corrected chi connectivity index (χ0v) is 8.22. The molecular formula is C9H16BNO3. The van der Waals surface area contributed by atoms with Crippen LogP contribution in [0.4, 0.5) is 0 Å². The van der Waals surface area contributed by atoms with Crippen molar-refractivity contribution in [3.8, 4) is 0 Å². The van der Waals surface area contributed by atoms with Crippen LogP contribution in [0.25, 0.3) is 0 Å². The van der Waals surface area contributed by atoms with Crippen LogP contribution in [0.3, 0.4) is 0 Å². The van der Waals surface area contributed by atoms with Crippen molar-refractivity contribution in [2.75, 3.05) is 6.54 Å².